The third-order valence-corrected chi connectivity index (χ3v) is 5.82. The lowest BCUT2D eigenvalue weighted by molar-refractivity contribution is -0.120. The van der Waals surface area contributed by atoms with E-state index in [2.05, 4.69) is 10.6 Å². The largest absolute Gasteiger partial charge is 0.459 e. The zero-order valence-electron chi connectivity index (χ0n) is 19.7. The van der Waals surface area contributed by atoms with E-state index in [1.165, 1.54) is 6.07 Å². The Bertz CT molecular complexity index is 1420. The molecule has 1 heterocycles. The summed E-state index contributed by atoms with van der Waals surface area (Å²) < 4.78 is 5.15. The molecule has 0 aliphatic carbocycles. The Morgan fingerprint density at radius 1 is 0.838 bits per heavy atom. The average Bonchev–Trinajstić information content (AvgIpc) is 3.07. The molecule has 0 aromatic heterocycles. The van der Waals surface area contributed by atoms with E-state index in [1.807, 2.05) is 0 Å². The Hall–Kier alpha value is -4.14. The summed E-state index contributed by atoms with van der Waals surface area (Å²) in [7, 11) is 0. The van der Waals surface area contributed by atoms with Gasteiger partial charge in [0.15, 0.2) is 0 Å². The third-order valence-electron chi connectivity index (χ3n) is 5.23. The fourth-order valence-corrected chi connectivity index (χ4v) is 3.88. The van der Waals surface area contributed by atoms with Gasteiger partial charge in [-0.3, -0.25) is 14.4 Å². The van der Waals surface area contributed by atoms with Crippen LogP contribution >= 0.6 is 23.2 Å². The third kappa shape index (κ3) is 5.82. The lowest BCUT2D eigenvalue weighted by atomic mass is 10.1. The molecule has 37 heavy (non-hydrogen) atoms. The number of nitrogens with zero attached hydrogens (tertiary/aromatic N) is 1. The summed E-state index contributed by atoms with van der Waals surface area (Å²) in [6.07, 6.45) is -0.231. The van der Waals surface area contributed by atoms with Gasteiger partial charge in [0.1, 0.15) is 10.7 Å². The second-order valence-corrected chi connectivity index (χ2v) is 9.12. The predicted octanol–water partition coefficient (Wildman–Crippen LogP) is 5.59. The highest BCUT2D eigenvalue weighted by Gasteiger charge is 2.39. The number of hydrogen-bond donors (Lipinski definition) is 2. The molecule has 0 saturated carbocycles. The van der Waals surface area contributed by atoms with Crippen LogP contribution in [-0.2, 0) is 14.3 Å². The maximum absolute atomic E-state index is 12.9. The number of anilines is 3. The quantitative estimate of drug-likeness (QED) is 0.300. The zero-order chi connectivity index (χ0) is 26.7. The summed E-state index contributed by atoms with van der Waals surface area (Å²) >= 11 is 12.1. The second kappa shape index (κ2) is 10.9. The number of rotatable bonds is 7. The van der Waals surface area contributed by atoms with Gasteiger partial charge in [0, 0.05) is 22.0 Å². The van der Waals surface area contributed by atoms with Crippen LogP contribution in [0.15, 0.2) is 83.5 Å². The number of halogens is 2. The Labute approximate surface area is 222 Å². The normalized spacial score (nSPS) is 13.3. The molecule has 10 heteroatoms. The van der Waals surface area contributed by atoms with Crippen molar-refractivity contribution in [2.75, 3.05) is 15.5 Å². The summed E-state index contributed by atoms with van der Waals surface area (Å²) in [6.45, 7) is 3.53. The minimum Gasteiger partial charge on any atom is -0.459 e. The van der Waals surface area contributed by atoms with E-state index in [1.54, 1.807) is 80.6 Å². The summed E-state index contributed by atoms with van der Waals surface area (Å²) in [6, 6.07) is 18.9. The Morgan fingerprint density at radius 3 is 2.08 bits per heavy atom. The molecule has 3 aromatic carbocycles. The van der Waals surface area contributed by atoms with Gasteiger partial charge in [-0.25, -0.2) is 9.69 Å². The number of carbonyl (C=O) groups is 4. The van der Waals surface area contributed by atoms with Crippen molar-refractivity contribution in [3.63, 3.8) is 0 Å². The standard InChI is InChI=1S/C27H21Cl2N3O5/c1-15(2)37-27(36)17-8-12-20(13-9-17)31-24(33)16-6-10-19(11-7-16)30-23-22(29)25(34)32(26(23)35)21-5-3-4-18(28)14-21/h3-15,30H,1-2H3,(H,31,33). The molecule has 1 aliphatic heterocycles. The lowest BCUT2D eigenvalue weighted by Crippen LogP contribution is -2.32. The lowest BCUT2D eigenvalue weighted by Gasteiger charge is -2.15. The molecule has 1 aliphatic rings. The molecule has 3 aromatic rings. The van der Waals surface area contributed by atoms with E-state index >= 15 is 0 Å². The van der Waals surface area contributed by atoms with Gasteiger partial charge in [-0.15, -0.1) is 0 Å². The maximum atomic E-state index is 12.9. The van der Waals surface area contributed by atoms with E-state index in [9.17, 15) is 19.2 Å². The van der Waals surface area contributed by atoms with E-state index in [4.69, 9.17) is 27.9 Å². The van der Waals surface area contributed by atoms with Crippen LogP contribution in [0.1, 0.15) is 34.6 Å². The maximum Gasteiger partial charge on any atom is 0.338 e. The van der Waals surface area contributed by atoms with Crippen LogP contribution in [0.5, 0.6) is 0 Å². The number of esters is 1. The molecule has 8 nitrogen and oxygen atoms in total. The van der Waals surface area contributed by atoms with Crippen molar-refractivity contribution in [2.45, 2.75) is 20.0 Å². The van der Waals surface area contributed by atoms with Gasteiger partial charge in [-0.2, -0.15) is 0 Å². The monoisotopic (exact) mass is 537 g/mol. The fraction of sp³-hybridized carbons (Fsp3) is 0.111. The number of nitrogens with one attached hydrogen (secondary N) is 2. The molecule has 0 fully saturated rings. The molecule has 0 atom stereocenters. The number of hydrogen-bond acceptors (Lipinski definition) is 6. The van der Waals surface area contributed by atoms with E-state index in [0.29, 0.717) is 33.2 Å². The summed E-state index contributed by atoms with van der Waals surface area (Å²) in [5, 5.41) is 5.72. The van der Waals surface area contributed by atoms with Gasteiger partial charge >= 0.3 is 5.97 Å². The summed E-state index contributed by atoms with van der Waals surface area (Å²) in [4.78, 5) is 51.0. The Kier molecular flexibility index (Phi) is 7.61. The molecule has 188 valence electrons. The Morgan fingerprint density at radius 2 is 1.46 bits per heavy atom. The molecule has 0 unspecified atom stereocenters. The van der Waals surface area contributed by atoms with Gasteiger partial charge in [0.2, 0.25) is 0 Å². The van der Waals surface area contributed by atoms with E-state index < -0.39 is 17.8 Å². The number of amides is 3. The van der Waals surface area contributed by atoms with Crippen molar-refractivity contribution >= 4 is 64.0 Å². The summed E-state index contributed by atoms with van der Waals surface area (Å²) in [5.41, 5.74) is 1.90. The molecule has 2 N–H and O–H groups in total. The van der Waals surface area contributed by atoms with Crippen LogP contribution in [0.25, 0.3) is 0 Å². The molecule has 0 spiro atoms. The van der Waals surface area contributed by atoms with Gasteiger partial charge in [0.25, 0.3) is 17.7 Å². The van der Waals surface area contributed by atoms with Gasteiger partial charge in [-0.05, 0) is 80.6 Å². The first kappa shape index (κ1) is 25.9. The zero-order valence-corrected chi connectivity index (χ0v) is 21.3. The van der Waals surface area contributed by atoms with Crippen LogP contribution in [-0.4, -0.2) is 29.8 Å². The molecule has 0 radical (unpaired) electrons. The van der Waals surface area contributed by atoms with Crippen LogP contribution in [0.4, 0.5) is 17.1 Å². The smallest absolute Gasteiger partial charge is 0.338 e. The molecule has 3 amide bonds. The van der Waals surface area contributed by atoms with Crippen LogP contribution < -0.4 is 15.5 Å². The van der Waals surface area contributed by atoms with Crippen molar-refractivity contribution < 1.29 is 23.9 Å². The molecular formula is C27H21Cl2N3O5. The molecule has 4 rings (SSSR count). The van der Waals surface area contributed by atoms with E-state index in [-0.39, 0.29) is 22.7 Å². The topological polar surface area (TPSA) is 105 Å². The van der Waals surface area contributed by atoms with Crippen molar-refractivity contribution in [3.8, 4) is 0 Å². The molecule has 0 bridgehead atoms. The first-order chi connectivity index (χ1) is 17.6. The van der Waals surface area contributed by atoms with Gasteiger partial charge < -0.3 is 15.4 Å². The van der Waals surface area contributed by atoms with Crippen LogP contribution in [0, 0.1) is 0 Å². The number of imide groups is 1. The first-order valence-corrected chi connectivity index (χ1v) is 11.9. The highest BCUT2D eigenvalue weighted by atomic mass is 35.5. The van der Waals surface area contributed by atoms with Crippen molar-refractivity contribution in [1.82, 2.24) is 0 Å². The van der Waals surface area contributed by atoms with Crippen LogP contribution in [0.3, 0.4) is 0 Å². The van der Waals surface area contributed by atoms with Crippen molar-refractivity contribution in [1.29, 1.82) is 0 Å². The minimum atomic E-state index is -0.670. The molecular weight excluding hydrogens is 517 g/mol. The fourth-order valence-electron chi connectivity index (χ4n) is 3.49. The van der Waals surface area contributed by atoms with Crippen molar-refractivity contribution in [2.24, 2.45) is 0 Å². The van der Waals surface area contributed by atoms with Gasteiger partial charge in [0.05, 0.1) is 17.4 Å². The van der Waals surface area contributed by atoms with Crippen molar-refractivity contribution in [3.05, 3.63) is 99.7 Å². The minimum absolute atomic E-state index is 0.0834. The van der Waals surface area contributed by atoms with Gasteiger partial charge in [-0.1, -0.05) is 29.3 Å². The van der Waals surface area contributed by atoms with E-state index in [0.717, 1.165) is 4.90 Å². The summed E-state index contributed by atoms with van der Waals surface area (Å²) in [5.74, 6) is -2.11. The average molecular weight is 538 g/mol. The second-order valence-electron chi connectivity index (χ2n) is 8.30. The predicted molar refractivity (Wildman–Crippen MR) is 142 cm³/mol. The SMILES string of the molecule is CC(C)OC(=O)c1ccc(NC(=O)c2ccc(NC3=C(Cl)C(=O)N(c4cccc(Cl)c4)C3=O)cc2)cc1. The van der Waals surface area contributed by atoms with Crippen LogP contribution in [0.2, 0.25) is 5.02 Å². The Balaban J connectivity index is 1.41. The highest BCUT2D eigenvalue weighted by molar-refractivity contribution is 6.53. The first-order valence-electron chi connectivity index (χ1n) is 11.2. The number of ether oxygens (including phenoxy) is 1. The molecule has 0 saturated heterocycles. The highest BCUT2D eigenvalue weighted by Crippen LogP contribution is 2.31. The number of benzene rings is 3. The number of carbonyl (C=O) groups excluding carboxylic acids is 4.